The Labute approximate surface area is 107 Å². The SMILES string of the molecule is CCN(CCCBr)c1cc(C(F)(F)F)ccn1. The summed E-state index contributed by atoms with van der Waals surface area (Å²) in [5.41, 5.74) is -0.653. The molecule has 1 heterocycles. The maximum Gasteiger partial charge on any atom is 0.416 e. The lowest BCUT2D eigenvalue weighted by Crippen LogP contribution is -2.25. The predicted octanol–water partition coefficient (Wildman–Crippen LogP) is 3.71. The molecule has 1 aromatic rings. The quantitative estimate of drug-likeness (QED) is 0.771. The van der Waals surface area contributed by atoms with E-state index >= 15 is 0 Å². The first kappa shape index (κ1) is 14.3. The zero-order chi connectivity index (χ0) is 12.9. The lowest BCUT2D eigenvalue weighted by atomic mass is 10.2. The van der Waals surface area contributed by atoms with E-state index in [4.69, 9.17) is 0 Å². The Morgan fingerprint density at radius 1 is 1.41 bits per heavy atom. The smallest absolute Gasteiger partial charge is 0.357 e. The minimum absolute atomic E-state index is 0.378. The molecule has 0 unspecified atom stereocenters. The molecule has 96 valence electrons. The van der Waals surface area contributed by atoms with Crippen LogP contribution in [0.5, 0.6) is 0 Å². The molecule has 0 aromatic carbocycles. The number of hydrogen-bond donors (Lipinski definition) is 0. The zero-order valence-electron chi connectivity index (χ0n) is 9.47. The van der Waals surface area contributed by atoms with Crippen LogP contribution < -0.4 is 4.90 Å². The average molecular weight is 311 g/mol. The molecule has 0 saturated carbocycles. The molecular formula is C11H14BrF3N2. The first-order chi connectivity index (χ1) is 7.99. The zero-order valence-corrected chi connectivity index (χ0v) is 11.1. The molecule has 0 N–H and O–H groups in total. The third-order valence-corrected chi connectivity index (χ3v) is 2.90. The van der Waals surface area contributed by atoms with Crippen molar-refractivity contribution in [2.24, 2.45) is 0 Å². The van der Waals surface area contributed by atoms with Crippen LogP contribution in [-0.2, 0) is 6.18 Å². The molecule has 0 radical (unpaired) electrons. The van der Waals surface area contributed by atoms with Crippen molar-refractivity contribution >= 4 is 21.7 Å². The van der Waals surface area contributed by atoms with Gasteiger partial charge in [0, 0.05) is 24.6 Å². The fourth-order valence-corrected chi connectivity index (χ4v) is 1.70. The van der Waals surface area contributed by atoms with Gasteiger partial charge in [0.15, 0.2) is 0 Å². The highest BCUT2D eigenvalue weighted by atomic mass is 79.9. The van der Waals surface area contributed by atoms with Gasteiger partial charge in [-0.1, -0.05) is 15.9 Å². The van der Waals surface area contributed by atoms with Crippen molar-refractivity contribution < 1.29 is 13.2 Å². The van der Waals surface area contributed by atoms with Crippen molar-refractivity contribution in [3.63, 3.8) is 0 Å². The summed E-state index contributed by atoms with van der Waals surface area (Å²) in [7, 11) is 0. The van der Waals surface area contributed by atoms with E-state index in [0.29, 0.717) is 18.9 Å². The Morgan fingerprint density at radius 3 is 2.65 bits per heavy atom. The number of pyridine rings is 1. The molecule has 0 saturated heterocycles. The van der Waals surface area contributed by atoms with Gasteiger partial charge in [-0.15, -0.1) is 0 Å². The molecule has 0 bridgehead atoms. The highest BCUT2D eigenvalue weighted by Crippen LogP contribution is 2.30. The summed E-state index contributed by atoms with van der Waals surface area (Å²) >= 11 is 3.30. The van der Waals surface area contributed by atoms with Gasteiger partial charge in [0.1, 0.15) is 5.82 Å². The molecule has 0 spiro atoms. The molecule has 0 aliphatic rings. The summed E-state index contributed by atoms with van der Waals surface area (Å²) in [4.78, 5) is 5.82. The number of aromatic nitrogens is 1. The Morgan fingerprint density at radius 2 is 2.12 bits per heavy atom. The Hall–Kier alpha value is -0.780. The van der Waals surface area contributed by atoms with Crippen molar-refractivity contribution in [2.45, 2.75) is 19.5 Å². The number of anilines is 1. The van der Waals surface area contributed by atoms with E-state index < -0.39 is 11.7 Å². The molecule has 0 amide bonds. The van der Waals surface area contributed by atoms with Crippen LogP contribution in [0.3, 0.4) is 0 Å². The second-order valence-corrected chi connectivity index (χ2v) is 4.32. The highest BCUT2D eigenvalue weighted by molar-refractivity contribution is 9.09. The van der Waals surface area contributed by atoms with Gasteiger partial charge in [-0.2, -0.15) is 13.2 Å². The van der Waals surface area contributed by atoms with Crippen LogP contribution in [0.15, 0.2) is 18.3 Å². The minimum Gasteiger partial charge on any atom is -0.357 e. The van der Waals surface area contributed by atoms with Gasteiger partial charge in [0.05, 0.1) is 5.56 Å². The van der Waals surface area contributed by atoms with Crippen molar-refractivity contribution in [2.75, 3.05) is 23.3 Å². The summed E-state index contributed by atoms with van der Waals surface area (Å²) in [6.07, 6.45) is -2.24. The van der Waals surface area contributed by atoms with Crippen molar-refractivity contribution in [1.29, 1.82) is 0 Å². The van der Waals surface area contributed by atoms with E-state index in [1.807, 2.05) is 11.8 Å². The van der Waals surface area contributed by atoms with Gasteiger partial charge in [0.25, 0.3) is 0 Å². The third kappa shape index (κ3) is 4.18. The minimum atomic E-state index is -4.31. The molecule has 6 heteroatoms. The van der Waals surface area contributed by atoms with Gasteiger partial charge in [-0.25, -0.2) is 4.98 Å². The second-order valence-electron chi connectivity index (χ2n) is 3.52. The normalized spacial score (nSPS) is 11.6. The van der Waals surface area contributed by atoms with Gasteiger partial charge in [-0.05, 0) is 25.5 Å². The van der Waals surface area contributed by atoms with Crippen molar-refractivity contribution in [3.8, 4) is 0 Å². The number of alkyl halides is 4. The number of nitrogens with zero attached hydrogens (tertiary/aromatic N) is 2. The molecule has 0 aliphatic heterocycles. The molecular weight excluding hydrogens is 297 g/mol. The Kier molecular flexibility index (Phi) is 5.24. The summed E-state index contributed by atoms with van der Waals surface area (Å²) in [6, 6.07) is 2.08. The van der Waals surface area contributed by atoms with Crippen LogP contribution >= 0.6 is 15.9 Å². The molecule has 17 heavy (non-hydrogen) atoms. The van der Waals surface area contributed by atoms with Crippen LogP contribution in [0.1, 0.15) is 18.9 Å². The van der Waals surface area contributed by atoms with Gasteiger partial charge >= 0.3 is 6.18 Å². The van der Waals surface area contributed by atoms with E-state index in [0.717, 1.165) is 23.9 Å². The first-order valence-electron chi connectivity index (χ1n) is 5.33. The lowest BCUT2D eigenvalue weighted by Gasteiger charge is -2.22. The van der Waals surface area contributed by atoms with Crippen molar-refractivity contribution in [3.05, 3.63) is 23.9 Å². The lowest BCUT2D eigenvalue weighted by molar-refractivity contribution is -0.137. The van der Waals surface area contributed by atoms with Gasteiger partial charge < -0.3 is 4.90 Å². The number of halogens is 4. The standard InChI is InChI=1S/C11H14BrF3N2/c1-2-17(7-3-5-12)10-8-9(4-6-16-10)11(13,14)15/h4,6,8H,2-3,5,7H2,1H3. The van der Waals surface area contributed by atoms with Gasteiger partial charge in [0.2, 0.25) is 0 Å². The maximum absolute atomic E-state index is 12.5. The van der Waals surface area contributed by atoms with E-state index in [9.17, 15) is 13.2 Å². The number of hydrogen-bond acceptors (Lipinski definition) is 2. The summed E-state index contributed by atoms with van der Waals surface area (Å²) in [6.45, 7) is 3.23. The van der Waals surface area contributed by atoms with Crippen LogP contribution in [0.2, 0.25) is 0 Å². The highest BCUT2D eigenvalue weighted by Gasteiger charge is 2.31. The van der Waals surface area contributed by atoms with E-state index in [2.05, 4.69) is 20.9 Å². The predicted molar refractivity (Wildman–Crippen MR) is 65.5 cm³/mol. The van der Waals surface area contributed by atoms with E-state index in [-0.39, 0.29) is 0 Å². The Bertz CT molecular complexity index is 355. The Balaban J connectivity index is 2.89. The van der Waals surface area contributed by atoms with Gasteiger partial charge in [-0.3, -0.25) is 0 Å². The third-order valence-electron chi connectivity index (χ3n) is 2.34. The van der Waals surface area contributed by atoms with Crippen LogP contribution in [0, 0.1) is 0 Å². The first-order valence-corrected chi connectivity index (χ1v) is 6.45. The molecule has 0 fully saturated rings. The topological polar surface area (TPSA) is 16.1 Å². The molecule has 0 atom stereocenters. The molecule has 0 aliphatic carbocycles. The van der Waals surface area contributed by atoms with Crippen molar-refractivity contribution in [1.82, 2.24) is 4.98 Å². The van der Waals surface area contributed by atoms with Crippen LogP contribution in [0.25, 0.3) is 0 Å². The monoisotopic (exact) mass is 310 g/mol. The molecule has 1 rings (SSSR count). The summed E-state index contributed by atoms with van der Waals surface area (Å²) in [5.74, 6) is 0.378. The summed E-state index contributed by atoms with van der Waals surface area (Å²) < 4.78 is 37.6. The largest absolute Gasteiger partial charge is 0.416 e. The van der Waals surface area contributed by atoms with Crippen LogP contribution in [0.4, 0.5) is 19.0 Å². The summed E-state index contributed by atoms with van der Waals surface area (Å²) in [5, 5.41) is 0.822. The van der Waals surface area contributed by atoms with Crippen LogP contribution in [-0.4, -0.2) is 23.4 Å². The maximum atomic E-state index is 12.5. The second kappa shape index (κ2) is 6.23. The molecule has 1 aromatic heterocycles. The van der Waals surface area contributed by atoms with E-state index in [1.165, 1.54) is 6.20 Å². The van der Waals surface area contributed by atoms with E-state index in [1.54, 1.807) is 0 Å². The molecule has 2 nitrogen and oxygen atoms in total. The average Bonchev–Trinajstić information content (AvgIpc) is 2.29. The fraction of sp³-hybridized carbons (Fsp3) is 0.545. The fourth-order valence-electron chi connectivity index (χ4n) is 1.45. The number of rotatable bonds is 5.